The van der Waals surface area contributed by atoms with Crippen molar-refractivity contribution in [1.29, 1.82) is 0 Å². The minimum Gasteiger partial charge on any atom is -0.462 e. The molecule has 0 aliphatic carbocycles. The van der Waals surface area contributed by atoms with E-state index in [4.69, 9.17) is 10.5 Å². The lowest BCUT2D eigenvalue weighted by Crippen LogP contribution is -2.24. The van der Waals surface area contributed by atoms with Crippen LogP contribution in [0.4, 0.5) is 5.82 Å². The molecular weight excluding hydrogens is 424 g/mol. The Hall–Kier alpha value is -4.66. The molecule has 0 atom stereocenters. The number of nitrogens with zero attached hydrogens (tertiary/aromatic N) is 2. The quantitative estimate of drug-likeness (QED) is 0.369. The van der Waals surface area contributed by atoms with Crippen molar-refractivity contribution in [2.24, 2.45) is 0 Å². The van der Waals surface area contributed by atoms with Crippen LogP contribution >= 0.6 is 0 Å². The molecule has 4 heterocycles. The predicted octanol–water partition coefficient (Wildman–Crippen LogP) is 2.40. The number of fused-ring (bicyclic) bond motifs is 2. The average molecular weight is 442 g/mol. The normalized spacial score (nSPS) is 12.6. The van der Waals surface area contributed by atoms with Gasteiger partial charge in [-0.1, -0.05) is 18.2 Å². The van der Waals surface area contributed by atoms with E-state index >= 15 is 0 Å². The third-order valence-corrected chi connectivity index (χ3v) is 5.53. The van der Waals surface area contributed by atoms with E-state index < -0.39 is 23.3 Å². The van der Waals surface area contributed by atoms with Crippen LogP contribution in [0.3, 0.4) is 0 Å². The number of carbonyl (C=O) groups excluding carboxylic acids is 3. The van der Waals surface area contributed by atoms with Crippen molar-refractivity contribution in [3.8, 4) is 16.8 Å². The van der Waals surface area contributed by atoms with Gasteiger partial charge in [0.2, 0.25) is 0 Å². The Balaban J connectivity index is 1.71. The number of benzene rings is 1. The van der Waals surface area contributed by atoms with Crippen LogP contribution in [0.15, 0.2) is 65.7 Å². The molecule has 9 heteroatoms. The summed E-state index contributed by atoms with van der Waals surface area (Å²) in [5.41, 5.74) is 8.25. The lowest BCUT2D eigenvalue weighted by atomic mass is 10.0. The third-order valence-electron chi connectivity index (χ3n) is 5.53. The largest absolute Gasteiger partial charge is 0.462 e. The van der Waals surface area contributed by atoms with Crippen LogP contribution in [-0.2, 0) is 4.74 Å². The second kappa shape index (κ2) is 7.49. The zero-order valence-electron chi connectivity index (χ0n) is 17.5. The number of pyridine rings is 2. The van der Waals surface area contributed by atoms with Gasteiger partial charge in [-0.05, 0) is 36.8 Å². The molecule has 0 radical (unpaired) electrons. The van der Waals surface area contributed by atoms with E-state index in [1.54, 1.807) is 31.2 Å². The van der Waals surface area contributed by atoms with Crippen molar-refractivity contribution in [3.05, 3.63) is 88.0 Å². The number of nitrogens with two attached hydrogens (primary N) is 1. The third kappa shape index (κ3) is 3.09. The van der Waals surface area contributed by atoms with Crippen molar-refractivity contribution >= 4 is 29.1 Å². The van der Waals surface area contributed by atoms with E-state index in [0.29, 0.717) is 27.9 Å². The number of aromatic nitrogens is 2. The molecule has 3 N–H and O–H groups in total. The minimum atomic E-state index is -0.653. The van der Waals surface area contributed by atoms with E-state index in [9.17, 15) is 19.2 Å². The molecule has 164 valence electrons. The smallest absolute Gasteiger partial charge is 0.340 e. The zero-order chi connectivity index (χ0) is 23.3. The first-order valence-corrected chi connectivity index (χ1v) is 10.2. The number of imide groups is 1. The van der Waals surface area contributed by atoms with E-state index in [-0.39, 0.29) is 23.6 Å². The molecule has 5 rings (SSSR count). The Morgan fingerprint density at radius 3 is 2.64 bits per heavy atom. The predicted molar refractivity (Wildman–Crippen MR) is 121 cm³/mol. The van der Waals surface area contributed by atoms with Gasteiger partial charge in [0.1, 0.15) is 5.82 Å². The number of ether oxygens (including phenoxy) is 1. The summed E-state index contributed by atoms with van der Waals surface area (Å²) in [6.07, 6.45) is 3.63. The fourth-order valence-electron chi connectivity index (χ4n) is 4.12. The molecule has 2 amide bonds. The Labute approximate surface area is 187 Å². The lowest BCUT2D eigenvalue weighted by Gasteiger charge is -2.13. The van der Waals surface area contributed by atoms with Crippen LogP contribution in [0.25, 0.3) is 22.3 Å². The number of nitrogen functional groups attached to an aromatic ring is 1. The van der Waals surface area contributed by atoms with Gasteiger partial charge in [-0.25, -0.2) is 4.79 Å². The van der Waals surface area contributed by atoms with Gasteiger partial charge in [-0.3, -0.25) is 24.3 Å². The summed E-state index contributed by atoms with van der Waals surface area (Å²) in [7, 11) is 0. The highest BCUT2D eigenvalue weighted by atomic mass is 16.5. The van der Waals surface area contributed by atoms with Crippen LogP contribution in [0, 0.1) is 0 Å². The fraction of sp³-hybridized carbons (Fsp3) is 0.0833. The van der Waals surface area contributed by atoms with Gasteiger partial charge in [0.05, 0.1) is 34.5 Å². The molecule has 0 fully saturated rings. The van der Waals surface area contributed by atoms with Crippen molar-refractivity contribution < 1.29 is 19.1 Å². The monoisotopic (exact) mass is 442 g/mol. The van der Waals surface area contributed by atoms with Gasteiger partial charge >= 0.3 is 5.97 Å². The Kier molecular flexibility index (Phi) is 4.59. The topological polar surface area (TPSA) is 125 Å². The van der Waals surface area contributed by atoms with E-state index in [0.717, 1.165) is 6.07 Å². The number of carbonyl (C=O) groups is 3. The Bertz CT molecular complexity index is 1550. The first-order valence-electron chi connectivity index (χ1n) is 10.2. The zero-order valence-corrected chi connectivity index (χ0v) is 17.5. The van der Waals surface area contributed by atoms with Gasteiger partial charge in [-0.15, -0.1) is 0 Å². The molecule has 1 aliphatic rings. The maximum atomic E-state index is 12.8. The maximum Gasteiger partial charge on any atom is 0.340 e. The highest BCUT2D eigenvalue weighted by Crippen LogP contribution is 2.31. The summed E-state index contributed by atoms with van der Waals surface area (Å²) in [6, 6.07) is 13.4. The van der Waals surface area contributed by atoms with Crippen LogP contribution in [0.5, 0.6) is 0 Å². The molecule has 0 unspecified atom stereocenters. The van der Waals surface area contributed by atoms with Crippen LogP contribution < -0.4 is 16.6 Å². The second-order valence-corrected chi connectivity index (χ2v) is 7.46. The molecule has 33 heavy (non-hydrogen) atoms. The average Bonchev–Trinajstić information content (AvgIpc) is 3.31. The highest BCUT2D eigenvalue weighted by Gasteiger charge is 2.32. The standard InChI is InChI=1S/C24H18N4O5/c1-2-33-24(32)19-16(12-27-9-4-3-8-17(19)27)13-6-5-7-14(10-13)28-18(29)11-15-20(21(28)25)23(31)26-22(15)30/h3-12H,2,25H2,1H3,(H,26,30,31). The lowest BCUT2D eigenvalue weighted by molar-refractivity contribution is 0.0529. The minimum absolute atomic E-state index is 0.0354. The number of anilines is 1. The van der Waals surface area contributed by atoms with Crippen LogP contribution in [0.1, 0.15) is 38.0 Å². The molecule has 9 nitrogen and oxygen atoms in total. The molecule has 0 bridgehead atoms. The van der Waals surface area contributed by atoms with Gasteiger partial charge in [0.25, 0.3) is 17.4 Å². The first-order chi connectivity index (χ1) is 15.9. The fourth-order valence-corrected chi connectivity index (χ4v) is 4.12. The Morgan fingerprint density at radius 2 is 1.85 bits per heavy atom. The maximum absolute atomic E-state index is 12.8. The van der Waals surface area contributed by atoms with E-state index in [1.807, 2.05) is 35.0 Å². The van der Waals surface area contributed by atoms with Gasteiger partial charge in [0, 0.05) is 24.0 Å². The van der Waals surface area contributed by atoms with Crippen LogP contribution in [-0.4, -0.2) is 33.4 Å². The summed E-state index contributed by atoms with van der Waals surface area (Å²) in [4.78, 5) is 49.7. The van der Waals surface area contributed by atoms with Crippen molar-refractivity contribution in [2.45, 2.75) is 6.92 Å². The molecule has 1 aliphatic heterocycles. The van der Waals surface area contributed by atoms with Gasteiger partial charge < -0.3 is 14.9 Å². The highest BCUT2D eigenvalue weighted by molar-refractivity contribution is 6.23. The van der Waals surface area contributed by atoms with Crippen molar-refractivity contribution in [3.63, 3.8) is 0 Å². The molecule has 0 spiro atoms. The van der Waals surface area contributed by atoms with Crippen molar-refractivity contribution in [1.82, 2.24) is 14.3 Å². The molecule has 4 aromatic rings. The first kappa shape index (κ1) is 20.3. The van der Waals surface area contributed by atoms with E-state index in [2.05, 4.69) is 5.32 Å². The van der Waals surface area contributed by atoms with Crippen molar-refractivity contribution in [2.75, 3.05) is 12.3 Å². The molecule has 1 aromatic carbocycles. The second-order valence-electron chi connectivity index (χ2n) is 7.46. The molecule has 3 aromatic heterocycles. The van der Waals surface area contributed by atoms with Gasteiger partial charge in [-0.2, -0.15) is 0 Å². The Morgan fingerprint density at radius 1 is 1.03 bits per heavy atom. The SMILES string of the molecule is CCOC(=O)c1c(-c2cccc(-n3c(N)c4c(cc3=O)C(=O)NC4=O)c2)cn2ccccc12. The number of rotatable bonds is 4. The van der Waals surface area contributed by atoms with Gasteiger partial charge in [0.15, 0.2) is 0 Å². The van der Waals surface area contributed by atoms with E-state index in [1.165, 1.54) is 4.57 Å². The summed E-state index contributed by atoms with van der Waals surface area (Å²) in [5.74, 6) is -1.90. The number of esters is 1. The summed E-state index contributed by atoms with van der Waals surface area (Å²) >= 11 is 0. The molecule has 0 saturated heterocycles. The summed E-state index contributed by atoms with van der Waals surface area (Å²) < 4.78 is 8.26. The number of hydrogen-bond donors (Lipinski definition) is 2. The summed E-state index contributed by atoms with van der Waals surface area (Å²) in [5, 5.41) is 2.15. The summed E-state index contributed by atoms with van der Waals surface area (Å²) in [6.45, 7) is 1.96. The van der Waals surface area contributed by atoms with Crippen LogP contribution in [0.2, 0.25) is 0 Å². The number of amides is 2. The number of nitrogens with one attached hydrogen (secondary N) is 1. The molecule has 0 saturated carbocycles. The number of hydrogen-bond acceptors (Lipinski definition) is 6. The molecular formula is C24H18N4O5.